The van der Waals surface area contributed by atoms with Crippen molar-refractivity contribution in [1.29, 1.82) is 0 Å². The van der Waals surface area contributed by atoms with Gasteiger partial charge >= 0.3 is 0 Å². The Hall–Kier alpha value is -0.653. The molecule has 0 spiro atoms. The summed E-state index contributed by atoms with van der Waals surface area (Å²) in [4.78, 5) is 0. The smallest absolute Gasteiger partial charge is 0.191 e. The lowest BCUT2D eigenvalue weighted by Crippen LogP contribution is -2.41. The molecule has 0 aliphatic rings. The lowest BCUT2D eigenvalue weighted by Gasteiger charge is -2.36. The van der Waals surface area contributed by atoms with E-state index in [1.54, 1.807) is 0 Å². The fourth-order valence-corrected chi connectivity index (χ4v) is 3.46. The number of nitrogens with zero attached hydrogens (tertiary/aromatic N) is 2. The molecule has 0 saturated heterocycles. The maximum absolute atomic E-state index is 6.22. The molecule has 5 heteroatoms. The lowest BCUT2D eigenvalue weighted by atomic mass is 10.1. The third-order valence-electron chi connectivity index (χ3n) is 4.41. The number of pyridine rings is 1. The standard InChI is InChI=1S/C16H25BrN2OSi/c1-16(2,3)21(4,5)20-10-6-7-13-8-9-15-14(17)11-18-19(15)12-13/h8-9,11-12H,6-7,10H2,1-5H3. The van der Waals surface area contributed by atoms with Crippen molar-refractivity contribution in [3.63, 3.8) is 0 Å². The van der Waals surface area contributed by atoms with Crippen molar-refractivity contribution in [2.45, 2.75) is 51.7 Å². The maximum atomic E-state index is 6.22. The zero-order chi connectivity index (χ0) is 15.7. The number of fused-ring (bicyclic) bond motifs is 1. The highest BCUT2D eigenvalue weighted by Crippen LogP contribution is 2.36. The normalized spacial score (nSPS) is 13.0. The van der Waals surface area contributed by atoms with Crippen LogP contribution in [0.2, 0.25) is 18.1 Å². The topological polar surface area (TPSA) is 26.5 Å². The van der Waals surface area contributed by atoms with Crippen LogP contribution in [0.3, 0.4) is 0 Å². The van der Waals surface area contributed by atoms with Crippen LogP contribution >= 0.6 is 15.9 Å². The molecule has 0 unspecified atom stereocenters. The van der Waals surface area contributed by atoms with Gasteiger partial charge in [0.25, 0.3) is 0 Å². The van der Waals surface area contributed by atoms with Crippen molar-refractivity contribution in [2.24, 2.45) is 0 Å². The molecule has 0 saturated carbocycles. The molecule has 0 aromatic carbocycles. The van der Waals surface area contributed by atoms with Gasteiger partial charge in [0, 0.05) is 12.8 Å². The Morgan fingerprint density at radius 1 is 1.29 bits per heavy atom. The van der Waals surface area contributed by atoms with Crippen LogP contribution in [0, 0.1) is 0 Å². The molecule has 21 heavy (non-hydrogen) atoms. The van der Waals surface area contributed by atoms with Gasteiger partial charge in [0.2, 0.25) is 0 Å². The average molecular weight is 369 g/mol. The summed E-state index contributed by atoms with van der Waals surface area (Å²) in [5.74, 6) is 0. The fraction of sp³-hybridized carbons (Fsp3) is 0.562. The minimum Gasteiger partial charge on any atom is -0.417 e. The van der Waals surface area contributed by atoms with E-state index in [4.69, 9.17) is 4.43 Å². The second kappa shape index (κ2) is 6.22. The highest BCUT2D eigenvalue weighted by atomic mass is 79.9. The number of rotatable bonds is 5. The van der Waals surface area contributed by atoms with Gasteiger partial charge in [0.15, 0.2) is 8.32 Å². The van der Waals surface area contributed by atoms with Crippen LogP contribution in [0.5, 0.6) is 0 Å². The first-order valence-electron chi connectivity index (χ1n) is 7.46. The zero-order valence-electron chi connectivity index (χ0n) is 13.6. The maximum Gasteiger partial charge on any atom is 0.191 e. The Morgan fingerprint density at radius 2 is 2.00 bits per heavy atom. The first kappa shape index (κ1) is 16.7. The molecule has 2 aromatic heterocycles. The fourth-order valence-electron chi connectivity index (χ4n) is 1.96. The Balaban J connectivity index is 1.88. The van der Waals surface area contributed by atoms with Gasteiger partial charge in [0.05, 0.1) is 16.2 Å². The molecular weight excluding hydrogens is 344 g/mol. The summed E-state index contributed by atoms with van der Waals surface area (Å²) in [6.07, 6.45) is 6.02. The Kier molecular flexibility index (Phi) is 4.95. The molecule has 2 heterocycles. The predicted octanol–water partition coefficient (Wildman–Crippen LogP) is 5.05. The van der Waals surface area contributed by atoms with Crippen LogP contribution in [-0.2, 0) is 10.8 Å². The number of aromatic nitrogens is 2. The van der Waals surface area contributed by atoms with Crippen LogP contribution in [-0.4, -0.2) is 24.5 Å². The van der Waals surface area contributed by atoms with E-state index in [-0.39, 0.29) is 5.04 Å². The van der Waals surface area contributed by atoms with Crippen molar-refractivity contribution < 1.29 is 4.43 Å². The molecule has 0 atom stereocenters. The second-order valence-corrected chi connectivity index (χ2v) is 12.7. The summed E-state index contributed by atoms with van der Waals surface area (Å²) in [7, 11) is -1.61. The van der Waals surface area contributed by atoms with Gasteiger partial charge in [-0.2, -0.15) is 5.10 Å². The first-order chi connectivity index (χ1) is 9.71. The minimum atomic E-state index is -1.61. The quantitative estimate of drug-likeness (QED) is 0.545. The van der Waals surface area contributed by atoms with E-state index in [9.17, 15) is 0 Å². The van der Waals surface area contributed by atoms with E-state index in [1.807, 2.05) is 10.7 Å². The summed E-state index contributed by atoms with van der Waals surface area (Å²) in [5, 5.41) is 4.61. The third kappa shape index (κ3) is 3.96. The van der Waals surface area contributed by atoms with Crippen molar-refractivity contribution in [1.82, 2.24) is 9.61 Å². The third-order valence-corrected chi connectivity index (χ3v) is 9.56. The number of hydrogen-bond donors (Lipinski definition) is 0. The molecule has 0 N–H and O–H groups in total. The molecular formula is C16H25BrN2OSi. The summed E-state index contributed by atoms with van der Waals surface area (Å²) in [6, 6.07) is 4.29. The average Bonchev–Trinajstić information content (AvgIpc) is 2.75. The first-order valence-corrected chi connectivity index (χ1v) is 11.2. The van der Waals surface area contributed by atoms with Crippen LogP contribution in [0.1, 0.15) is 32.8 Å². The van der Waals surface area contributed by atoms with Crippen molar-refractivity contribution in [3.05, 3.63) is 34.6 Å². The van der Waals surface area contributed by atoms with Gasteiger partial charge in [-0.05, 0) is 58.5 Å². The van der Waals surface area contributed by atoms with Crippen molar-refractivity contribution in [2.75, 3.05) is 6.61 Å². The largest absolute Gasteiger partial charge is 0.417 e. The highest BCUT2D eigenvalue weighted by molar-refractivity contribution is 9.10. The highest BCUT2D eigenvalue weighted by Gasteiger charge is 2.36. The Morgan fingerprint density at radius 3 is 2.67 bits per heavy atom. The molecule has 2 aromatic rings. The van der Waals surface area contributed by atoms with Crippen molar-refractivity contribution in [3.8, 4) is 0 Å². The summed E-state index contributed by atoms with van der Waals surface area (Å²) in [5.41, 5.74) is 2.41. The molecule has 0 amide bonds. The second-order valence-electron chi connectivity index (χ2n) is 7.07. The summed E-state index contributed by atoms with van der Waals surface area (Å²) in [6.45, 7) is 12.3. The van der Waals surface area contributed by atoms with Gasteiger partial charge < -0.3 is 4.43 Å². The molecule has 0 bridgehead atoms. The van der Waals surface area contributed by atoms with E-state index in [2.05, 4.69) is 73.2 Å². The Bertz CT molecular complexity index is 616. The van der Waals surface area contributed by atoms with Gasteiger partial charge in [0.1, 0.15) is 0 Å². The molecule has 116 valence electrons. The van der Waals surface area contributed by atoms with Gasteiger partial charge in [-0.1, -0.05) is 26.8 Å². The number of hydrogen-bond acceptors (Lipinski definition) is 2. The van der Waals surface area contributed by atoms with Crippen molar-refractivity contribution >= 4 is 29.8 Å². The van der Waals surface area contributed by atoms with E-state index in [1.165, 1.54) is 5.56 Å². The van der Waals surface area contributed by atoms with E-state index >= 15 is 0 Å². The van der Waals surface area contributed by atoms with Crippen LogP contribution in [0.4, 0.5) is 0 Å². The molecule has 0 aliphatic carbocycles. The van der Waals surface area contributed by atoms with Gasteiger partial charge in [-0.25, -0.2) is 4.52 Å². The summed E-state index contributed by atoms with van der Waals surface area (Å²) >= 11 is 3.50. The lowest BCUT2D eigenvalue weighted by molar-refractivity contribution is 0.282. The zero-order valence-corrected chi connectivity index (χ0v) is 16.2. The predicted molar refractivity (Wildman–Crippen MR) is 94.4 cm³/mol. The van der Waals surface area contributed by atoms with Crippen LogP contribution in [0.25, 0.3) is 5.52 Å². The Labute approximate surface area is 137 Å². The van der Waals surface area contributed by atoms with E-state index in [0.717, 1.165) is 29.4 Å². The van der Waals surface area contributed by atoms with Crippen LogP contribution in [0.15, 0.2) is 29.0 Å². The van der Waals surface area contributed by atoms with Gasteiger partial charge in [-0.3, -0.25) is 0 Å². The molecule has 2 rings (SSSR count). The molecule has 0 aliphatic heterocycles. The van der Waals surface area contributed by atoms with Crippen LogP contribution < -0.4 is 0 Å². The minimum absolute atomic E-state index is 0.285. The van der Waals surface area contributed by atoms with E-state index < -0.39 is 8.32 Å². The number of halogens is 1. The van der Waals surface area contributed by atoms with Gasteiger partial charge in [-0.15, -0.1) is 0 Å². The monoisotopic (exact) mass is 368 g/mol. The SMILES string of the molecule is CC(C)(C)[Si](C)(C)OCCCc1ccc2c(Br)cnn2c1. The summed E-state index contributed by atoms with van der Waals surface area (Å²) < 4.78 is 9.18. The molecule has 0 radical (unpaired) electrons. The molecule has 0 fully saturated rings. The number of aryl methyl sites for hydroxylation is 1. The van der Waals surface area contributed by atoms with E-state index in [0.29, 0.717) is 0 Å². The molecule has 3 nitrogen and oxygen atoms in total.